The summed E-state index contributed by atoms with van der Waals surface area (Å²) in [6, 6.07) is 3.74. The van der Waals surface area contributed by atoms with E-state index in [0.29, 0.717) is 31.1 Å². The molecule has 0 radical (unpaired) electrons. The Balaban J connectivity index is 2.07. The Kier molecular flexibility index (Phi) is 5.46. The number of carbonyl (C=O) groups is 1. The maximum Gasteiger partial charge on any atom is 0.341 e. The van der Waals surface area contributed by atoms with Gasteiger partial charge in [-0.05, 0) is 37.5 Å². The van der Waals surface area contributed by atoms with Gasteiger partial charge in [-0.2, -0.15) is 0 Å². The van der Waals surface area contributed by atoms with Gasteiger partial charge in [-0.25, -0.2) is 18.0 Å². The van der Waals surface area contributed by atoms with Crippen LogP contribution in [0.4, 0.5) is 18.9 Å². The number of pyridine rings is 1. The van der Waals surface area contributed by atoms with Gasteiger partial charge in [0.1, 0.15) is 23.0 Å². The summed E-state index contributed by atoms with van der Waals surface area (Å²) in [4.78, 5) is 26.2. The number of aliphatic hydroxyl groups excluding tert-OH is 1. The molecule has 0 bridgehead atoms. The van der Waals surface area contributed by atoms with E-state index in [1.807, 2.05) is 6.92 Å². The molecule has 1 aliphatic rings. The Bertz CT molecular complexity index is 1300. The predicted molar refractivity (Wildman–Crippen MR) is 113 cm³/mol. The summed E-state index contributed by atoms with van der Waals surface area (Å²) >= 11 is 0. The molecule has 3 aromatic rings. The molecule has 0 unspecified atom stereocenters. The second kappa shape index (κ2) is 7.98. The standard InChI is InChI=1S/C23H21F3N2O4/c1-11-9-27(6-5-19(11)29)21-12(2)20-14(8-17(21)26)22(30)15(23(31)32)10-28(20)18-4-3-13(24)7-16(18)25/h3-4,7-8,10-11,19,29H,5-6,9H2,1-2H3,(H,31,32)/t11-,19+/m1/s1. The first-order chi connectivity index (χ1) is 15.1. The van der Waals surface area contributed by atoms with E-state index in [-0.39, 0.29) is 28.2 Å². The second-order valence-corrected chi connectivity index (χ2v) is 8.15. The Labute approximate surface area is 181 Å². The number of hydrogen-bond acceptors (Lipinski definition) is 4. The number of nitrogens with zero attached hydrogens (tertiary/aromatic N) is 2. The van der Waals surface area contributed by atoms with Gasteiger partial charge in [-0.1, -0.05) is 6.92 Å². The lowest BCUT2D eigenvalue weighted by atomic mass is 9.95. The maximum atomic E-state index is 15.2. The molecule has 1 aliphatic heterocycles. The number of carboxylic acids is 1. The Morgan fingerprint density at radius 3 is 2.50 bits per heavy atom. The van der Waals surface area contributed by atoms with Crippen molar-refractivity contribution in [2.24, 2.45) is 5.92 Å². The lowest BCUT2D eigenvalue weighted by Gasteiger charge is -2.37. The van der Waals surface area contributed by atoms with E-state index in [9.17, 15) is 28.6 Å². The van der Waals surface area contributed by atoms with Gasteiger partial charge in [-0.3, -0.25) is 4.79 Å². The van der Waals surface area contributed by atoms with E-state index in [0.717, 1.165) is 29.0 Å². The second-order valence-electron chi connectivity index (χ2n) is 8.15. The summed E-state index contributed by atoms with van der Waals surface area (Å²) in [6.07, 6.45) is 0.885. The molecule has 2 aromatic carbocycles. The molecule has 32 heavy (non-hydrogen) atoms. The van der Waals surface area contributed by atoms with Gasteiger partial charge >= 0.3 is 5.97 Å². The van der Waals surface area contributed by atoms with Crippen molar-refractivity contribution < 1.29 is 28.2 Å². The summed E-state index contributed by atoms with van der Waals surface area (Å²) in [5, 5.41) is 19.3. The molecule has 9 heteroatoms. The van der Waals surface area contributed by atoms with E-state index in [1.165, 1.54) is 0 Å². The molecule has 168 valence electrons. The van der Waals surface area contributed by atoms with E-state index >= 15 is 4.39 Å². The summed E-state index contributed by atoms with van der Waals surface area (Å²) in [7, 11) is 0. The number of benzene rings is 2. The minimum absolute atomic E-state index is 0.121. The number of aliphatic hydroxyl groups is 1. The highest BCUT2D eigenvalue weighted by molar-refractivity contribution is 5.96. The van der Waals surface area contributed by atoms with Crippen molar-refractivity contribution in [3.63, 3.8) is 0 Å². The van der Waals surface area contributed by atoms with Crippen LogP contribution in [0.25, 0.3) is 16.6 Å². The molecule has 4 rings (SSSR count). The lowest BCUT2D eigenvalue weighted by Crippen LogP contribution is -2.42. The molecule has 6 nitrogen and oxygen atoms in total. The van der Waals surface area contributed by atoms with E-state index in [4.69, 9.17) is 0 Å². The molecule has 1 aromatic heterocycles. The van der Waals surface area contributed by atoms with Gasteiger partial charge in [0.05, 0.1) is 28.4 Å². The van der Waals surface area contributed by atoms with Crippen molar-refractivity contribution in [2.45, 2.75) is 26.4 Å². The third-order valence-electron chi connectivity index (χ3n) is 6.03. The van der Waals surface area contributed by atoms with Gasteiger partial charge in [0.25, 0.3) is 0 Å². The minimum atomic E-state index is -1.55. The van der Waals surface area contributed by atoms with E-state index < -0.39 is 40.5 Å². The van der Waals surface area contributed by atoms with Gasteiger partial charge in [0.2, 0.25) is 5.43 Å². The minimum Gasteiger partial charge on any atom is -0.477 e. The van der Waals surface area contributed by atoms with Crippen molar-refractivity contribution in [3.05, 3.63) is 69.3 Å². The molecule has 2 N–H and O–H groups in total. The number of piperidine rings is 1. The number of anilines is 1. The average molecular weight is 446 g/mol. The van der Waals surface area contributed by atoms with Crippen LogP contribution in [0.3, 0.4) is 0 Å². The van der Waals surface area contributed by atoms with E-state index in [2.05, 4.69) is 0 Å². The smallest absolute Gasteiger partial charge is 0.341 e. The van der Waals surface area contributed by atoms with Gasteiger partial charge in [0.15, 0.2) is 0 Å². The number of fused-ring (bicyclic) bond motifs is 1. The normalized spacial score (nSPS) is 18.9. The Morgan fingerprint density at radius 2 is 1.88 bits per heavy atom. The van der Waals surface area contributed by atoms with Crippen LogP contribution in [-0.2, 0) is 0 Å². The van der Waals surface area contributed by atoms with Crippen LogP contribution < -0.4 is 10.3 Å². The van der Waals surface area contributed by atoms with Gasteiger partial charge in [0, 0.05) is 30.9 Å². The van der Waals surface area contributed by atoms with Crippen LogP contribution in [0.2, 0.25) is 0 Å². The molecular formula is C23H21F3N2O4. The van der Waals surface area contributed by atoms with Crippen LogP contribution in [0.1, 0.15) is 29.3 Å². The third kappa shape index (κ3) is 3.52. The van der Waals surface area contributed by atoms with Crippen LogP contribution in [-0.4, -0.2) is 39.9 Å². The average Bonchev–Trinajstić information content (AvgIpc) is 2.71. The lowest BCUT2D eigenvalue weighted by molar-refractivity contribution is 0.0695. The van der Waals surface area contributed by atoms with Crippen molar-refractivity contribution in [2.75, 3.05) is 18.0 Å². The Morgan fingerprint density at radius 1 is 1.16 bits per heavy atom. The maximum absolute atomic E-state index is 15.2. The SMILES string of the molecule is Cc1c(N2CC[C@H](O)[C@H](C)C2)c(F)cc2c(=O)c(C(=O)O)cn(-c3ccc(F)cc3F)c12. The van der Waals surface area contributed by atoms with Crippen LogP contribution >= 0.6 is 0 Å². The highest BCUT2D eigenvalue weighted by Crippen LogP contribution is 2.35. The fourth-order valence-electron chi connectivity index (χ4n) is 4.38. The predicted octanol–water partition coefficient (Wildman–Crippen LogP) is 3.62. The highest BCUT2D eigenvalue weighted by atomic mass is 19.1. The summed E-state index contributed by atoms with van der Waals surface area (Å²) in [6.45, 7) is 4.15. The zero-order valence-electron chi connectivity index (χ0n) is 17.4. The topological polar surface area (TPSA) is 82.8 Å². The Hall–Kier alpha value is -3.33. The summed E-state index contributed by atoms with van der Waals surface area (Å²) < 4.78 is 44.5. The number of rotatable bonds is 3. The largest absolute Gasteiger partial charge is 0.477 e. The van der Waals surface area contributed by atoms with Gasteiger partial charge in [-0.15, -0.1) is 0 Å². The van der Waals surface area contributed by atoms with Gasteiger partial charge < -0.3 is 19.7 Å². The molecule has 2 atom stereocenters. The van der Waals surface area contributed by atoms with Crippen LogP contribution in [0.5, 0.6) is 0 Å². The quantitative estimate of drug-likeness (QED) is 0.642. The first-order valence-electron chi connectivity index (χ1n) is 10.1. The van der Waals surface area contributed by atoms with Crippen molar-refractivity contribution in [1.29, 1.82) is 0 Å². The zero-order valence-corrected chi connectivity index (χ0v) is 17.4. The number of aryl methyl sites for hydroxylation is 1. The number of hydrogen-bond donors (Lipinski definition) is 2. The first kappa shape index (κ1) is 21.9. The summed E-state index contributed by atoms with van der Waals surface area (Å²) in [5.41, 5.74) is -1.12. The number of aromatic nitrogens is 1. The third-order valence-corrected chi connectivity index (χ3v) is 6.03. The number of carboxylic acid groups (broad SMARTS) is 1. The first-order valence-corrected chi connectivity index (χ1v) is 10.1. The molecular weight excluding hydrogens is 425 g/mol. The number of halogens is 3. The van der Waals surface area contributed by atoms with Crippen LogP contribution in [0, 0.1) is 30.3 Å². The zero-order chi connectivity index (χ0) is 23.3. The van der Waals surface area contributed by atoms with Crippen LogP contribution in [0.15, 0.2) is 35.3 Å². The molecule has 1 fully saturated rings. The highest BCUT2D eigenvalue weighted by Gasteiger charge is 2.29. The molecule has 0 spiro atoms. The van der Waals surface area contributed by atoms with E-state index in [1.54, 1.807) is 11.8 Å². The molecule has 1 saturated heterocycles. The monoisotopic (exact) mass is 446 g/mol. The fourth-order valence-corrected chi connectivity index (χ4v) is 4.38. The molecule has 2 heterocycles. The fraction of sp³-hybridized carbons (Fsp3) is 0.304. The molecule has 0 amide bonds. The van der Waals surface area contributed by atoms with Crippen molar-refractivity contribution in [3.8, 4) is 5.69 Å². The summed E-state index contributed by atoms with van der Waals surface area (Å²) in [5.74, 6) is -4.17. The number of aromatic carboxylic acids is 1. The van der Waals surface area contributed by atoms with Crippen molar-refractivity contribution >= 4 is 22.6 Å². The molecule has 0 saturated carbocycles. The molecule has 0 aliphatic carbocycles. The van der Waals surface area contributed by atoms with Crippen molar-refractivity contribution in [1.82, 2.24) is 4.57 Å².